The van der Waals surface area contributed by atoms with Crippen molar-refractivity contribution >= 4 is 34.4 Å². The van der Waals surface area contributed by atoms with Crippen LogP contribution in [0.25, 0.3) is 0 Å². The summed E-state index contributed by atoms with van der Waals surface area (Å²) < 4.78 is 0. The van der Waals surface area contributed by atoms with E-state index in [1.165, 1.54) is 24.2 Å². The van der Waals surface area contributed by atoms with Crippen LogP contribution in [0.4, 0.5) is 5.69 Å². The molecule has 164 valence electrons. The van der Waals surface area contributed by atoms with Crippen molar-refractivity contribution in [2.24, 2.45) is 10.9 Å². The van der Waals surface area contributed by atoms with Crippen molar-refractivity contribution in [3.05, 3.63) is 29.8 Å². The van der Waals surface area contributed by atoms with Crippen molar-refractivity contribution in [2.45, 2.75) is 56.6 Å². The van der Waals surface area contributed by atoms with E-state index < -0.39 is 24.2 Å². The second kappa shape index (κ2) is 9.80. The number of amidine groups is 1. The van der Waals surface area contributed by atoms with E-state index in [1.54, 1.807) is 0 Å². The molecule has 0 saturated heterocycles. The Kier molecular flexibility index (Phi) is 7.38. The van der Waals surface area contributed by atoms with Gasteiger partial charge in [-0.3, -0.25) is 14.6 Å². The van der Waals surface area contributed by atoms with Crippen LogP contribution < -0.4 is 16.0 Å². The molecule has 2 amide bonds. The number of fused-ring (bicyclic) bond motifs is 1. The highest BCUT2D eigenvalue weighted by Crippen LogP contribution is 2.41. The van der Waals surface area contributed by atoms with E-state index in [1.807, 2.05) is 12.1 Å². The zero-order valence-electron chi connectivity index (χ0n) is 17.5. The number of aliphatic imine (C=N–C) groups is 1. The van der Waals surface area contributed by atoms with Crippen molar-refractivity contribution in [2.75, 3.05) is 18.4 Å². The van der Waals surface area contributed by atoms with E-state index in [2.05, 4.69) is 46.9 Å². The highest BCUT2D eigenvalue weighted by molar-refractivity contribution is 8.15. The largest absolute Gasteiger partial charge is 0.390 e. The van der Waals surface area contributed by atoms with E-state index >= 15 is 0 Å². The van der Waals surface area contributed by atoms with Crippen molar-refractivity contribution in [3.63, 3.8) is 0 Å². The maximum Gasteiger partial charge on any atom is 0.224 e. The Morgan fingerprint density at radius 3 is 2.47 bits per heavy atom. The number of nitrogens with zero attached hydrogens (tertiary/aromatic N) is 1. The molecule has 1 aliphatic heterocycles. The fraction of sp³-hybridized carbons (Fsp3) is 0.571. The molecule has 0 spiro atoms. The Morgan fingerprint density at radius 2 is 1.83 bits per heavy atom. The Bertz CT molecular complexity index is 799. The molecule has 1 fully saturated rings. The first-order valence-electron chi connectivity index (χ1n) is 10.3. The van der Waals surface area contributed by atoms with Crippen molar-refractivity contribution in [1.82, 2.24) is 10.6 Å². The van der Waals surface area contributed by atoms with Gasteiger partial charge in [0.2, 0.25) is 11.8 Å². The van der Waals surface area contributed by atoms with Crippen LogP contribution in [0.5, 0.6) is 0 Å². The maximum atomic E-state index is 12.7. The summed E-state index contributed by atoms with van der Waals surface area (Å²) in [5, 5.41) is 29.8. The molecule has 5 atom stereocenters. The smallest absolute Gasteiger partial charge is 0.224 e. The van der Waals surface area contributed by atoms with Crippen LogP contribution in [0.1, 0.15) is 38.7 Å². The van der Waals surface area contributed by atoms with Gasteiger partial charge in [-0.2, -0.15) is 0 Å². The standard InChI is InChI=1S/C21H30N4O4S/c1-11(2)13-4-6-14(7-5-13)24-21-25-17-18(28)16(27)10-15(19(17)30-21)20(29)23-9-8-22-12(3)26/h4-7,11,15-19,27-28H,8-10H2,1-3H3,(H,22,26)(H,23,29)(H,24,25). The maximum absolute atomic E-state index is 12.7. The molecule has 1 heterocycles. The number of benzene rings is 1. The lowest BCUT2D eigenvalue weighted by Gasteiger charge is -2.37. The Hall–Kier alpha value is -2.10. The van der Waals surface area contributed by atoms with Gasteiger partial charge in [0.15, 0.2) is 5.17 Å². The van der Waals surface area contributed by atoms with Crippen LogP contribution in [-0.2, 0) is 9.59 Å². The number of hydrogen-bond acceptors (Lipinski definition) is 7. The topological polar surface area (TPSA) is 123 Å². The lowest BCUT2D eigenvalue weighted by Crippen LogP contribution is -2.54. The van der Waals surface area contributed by atoms with Crippen LogP contribution in [0.15, 0.2) is 29.3 Å². The molecule has 8 nitrogen and oxygen atoms in total. The third-order valence-corrected chi connectivity index (χ3v) is 6.76. The molecule has 3 rings (SSSR count). The molecule has 0 radical (unpaired) electrons. The van der Waals surface area contributed by atoms with Gasteiger partial charge >= 0.3 is 0 Å². The highest BCUT2D eigenvalue weighted by atomic mass is 32.2. The van der Waals surface area contributed by atoms with Crippen molar-refractivity contribution in [3.8, 4) is 0 Å². The summed E-state index contributed by atoms with van der Waals surface area (Å²) >= 11 is 1.42. The lowest BCUT2D eigenvalue weighted by molar-refractivity contribution is -0.129. The van der Waals surface area contributed by atoms with Crippen molar-refractivity contribution in [1.29, 1.82) is 0 Å². The summed E-state index contributed by atoms with van der Waals surface area (Å²) in [6.07, 6.45) is -1.84. The quantitative estimate of drug-likeness (QED) is 0.427. The number of rotatable bonds is 6. The first-order valence-corrected chi connectivity index (χ1v) is 11.1. The molecule has 5 unspecified atom stereocenters. The summed E-state index contributed by atoms with van der Waals surface area (Å²) in [6, 6.07) is 7.53. The van der Waals surface area contributed by atoms with Crippen LogP contribution in [0.2, 0.25) is 0 Å². The minimum absolute atomic E-state index is 0.155. The van der Waals surface area contributed by atoms with Gasteiger partial charge in [-0.1, -0.05) is 37.7 Å². The average molecular weight is 435 g/mol. The van der Waals surface area contributed by atoms with Crippen LogP contribution in [0, 0.1) is 5.92 Å². The first kappa shape index (κ1) is 22.6. The summed E-state index contributed by atoms with van der Waals surface area (Å²) in [7, 11) is 0. The molecule has 1 aliphatic carbocycles. The first-order chi connectivity index (χ1) is 14.3. The van der Waals surface area contributed by atoms with E-state index in [4.69, 9.17) is 0 Å². The average Bonchev–Trinajstić information content (AvgIpc) is 3.12. The third-order valence-electron chi connectivity index (χ3n) is 5.45. The fourth-order valence-corrected chi connectivity index (χ4v) is 5.12. The van der Waals surface area contributed by atoms with Gasteiger partial charge in [0.05, 0.1) is 18.1 Å². The van der Waals surface area contributed by atoms with Gasteiger partial charge in [0, 0.05) is 31.0 Å². The number of anilines is 1. The predicted molar refractivity (Wildman–Crippen MR) is 119 cm³/mol. The highest BCUT2D eigenvalue weighted by Gasteiger charge is 2.50. The van der Waals surface area contributed by atoms with Gasteiger partial charge in [-0.05, 0) is 30.0 Å². The number of thioether (sulfide) groups is 1. The lowest BCUT2D eigenvalue weighted by atomic mass is 9.81. The van der Waals surface area contributed by atoms with Crippen LogP contribution >= 0.6 is 11.8 Å². The molecule has 1 aromatic carbocycles. The van der Waals surface area contributed by atoms with Gasteiger partial charge in [-0.25, -0.2) is 0 Å². The Labute approximate surface area is 180 Å². The molecule has 5 N–H and O–H groups in total. The van der Waals surface area contributed by atoms with Gasteiger partial charge in [-0.15, -0.1) is 0 Å². The number of hydrogen-bond donors (Lipinski definition) is 5. The second-order valence-corrected chi connectivity index (χ2v) is 9.25. The molecule has 9 heteroatoms. The fourth-order valence-electron chi connectivity index (χ4n) is 3.74. The Morgan fingerprint density at radius 1 is 1.17 bits per heavy atom. The minimum Gasteiger partial charge on any atom is -0.390 e. The number of aliphatic hydroxyl groups excluding tert-OH is 2. The van der Waals surface area contributed by atoms with Gasteiger partial charge < -0.3 is 26.2 Å². The molecule has 1 aromatic rings. The van der Waals surface area contributed by atoms with Gasteiger partial charge in [0.1, 0.15) is 6.10 Å². The molecule has 2 aliphatic rings. The van der Waals surface area contributed by atoms with E-state index in [9.17, 15) is 19.8 Å². The minimum atomic E-state index is -1.01. The SMILES string of the molecule is CC(=O)NCCNC(=O)C1CC(O)C(O)C2N=C(Nc3ccc(C(C)C)cc3)SC12. The van der Waals surface area contributed by atoms with Crippen LogP contribution in [0.3, 0.4) is 0 Å². The second-order valence-electron chi connectivity index (χ2n) is 8.08. The summed E-state index contributed by atoms with van der Waals surface area (Å²) in [5.41, 5.74) is 2.13. The number of carbonyl (C=O) groups excluding carboxylic acids is 2. The van der Waals surface area contributed by atoms with Crippen LogP contribution in [-0.4, -0.2) is 63.8 Å². The van der Waals surface area contributed by atoms with Crippen molar-refractivity contribution < 1.29 is 19.8 Å². The van der Waals surface area contributed by atoms with Gasteiger partial charge in [0.25, 0.3) is 0 Å². The monoisotopic (exact) mass is 434 g/mol. The van der Waals surface area contributed by atoms with E-state index in [0.29, 0.717) is 24.2 Å². The molecular formula is C21H30N4O4S. The third kappa shape index (κ3) is 5.33. The number of amides is 2. The molecule has 30 heavy (non-hydrogen) atoms. The number of aliphatic hydroxyl groups is 2. The van der Waals surface area contributed by atoms with E-state index in [-0.39, 0.29) is 23.5 Å². The summed E-state index contributed by atoms with van der Waals surface area (Å²) in [5.74, 6) is -0.396. The molecular weight excluding hydrogens is 404 g/mol. The predicted octanol–water partition coefficient (Wildman–Crippen LogP) is 1.06. The molecule has 0 aromatic heterocycles. The summed E-state index contributed by atoms with van der Waals surface area (Å²) in [6.45, 7) is 6.35. The Balaban J connectivity index is 1.64. The zero-order chi connectivity index (χ0) is 21.8. The molecule has 1 saturated carbocycles. The normalized spacial score (nSPS) is 27.9. The number of nitrogens with one attached hydrogen (secondary N) is 3. The summed E-state index contributed by atoms with van der Waals surface area (Å²) in [4.78, 5) is 28.2. The zero-order valence-corrected chi connectivity index (χ0v) is 18.3. The number of carbonyl (C=O) groups is 2. The van der Waals surface area contributed by atoms with E-state index in [0.717, 1.165) is 5.69 Å². The molecule has 0 bridgehead atoms.